The number of benzene rings is 1. The fourth-order valence-electron chi connectivity index (χ4n) is 2.90. The lowest BCUT2D eigenvalue weighted by molar-refractivity contribution is -0.116. The van der Waals surface area contributed by atoms with Gasteiger partial charge >= 0.3 is 0 Å². The van der Waals surface area contributed by atoms with E-state index in [2.05, 4.69) is 12.2 Å². The molecule has 2 amide bonds. The molecule has 0 radical (unpaired) electrons. The van der Waals surface area contributed by atoms with Crippen LogP contribution in [0.5, 0.6) is 0 Å². The molecule has 132 valence electrons. The molecule has 0 bridgehead atoms. The minimum Gasteiger partial charge on any atom is -0.339 e. The van der Waals surface area contributed by atoms with Gasteiger partial charge in [-0.05, 0) is 62.8 Å². The Kier molecular flexibility index (Phi) is 6.37. The third-order valence-electron chi connectivity index (χ3n) is 4.65. The van der Waals surface area contributed by atoms with Crippen molar-refractivity contribution >= 4 is 17.5 Å². The van der Waals surface area contributed by atoms with Crippen molar-refractivity contribution in [2.45, 2.75) is 52.5 Å². The monoisotopic (exact) mass is 331 g/mol. The molecule has 1 unspecified atom stereocenters. The fourth-order valence-corrected chi connectivity index (χ4v) is 2.90. The second-order valence-electron chi connectivity index (χ2n) is 7.07. The second-order valence-corrected chi connectivity index (χ2v) is 7.07. The maximum absolute atomic E-state index is 12.6. The predicted octanol–water partition coefficient (Wildman–Crippen LogP) is 2.93. The summed E-state index contributed by atoms with van der Waals surface area (Å²) < 4.78 is 0. The molecule has 1 aliphatic heterocycles. The number of nitrogens with zero attached hydrogens (tertiary/aromatic N) is 1. The van der Waals surface area contributed by atoms with Gasteiger partial charge in [-0.1, -0.05) is 6.92 Å². The maximum atomic E-state index is 12.6. The van der Waals surface area contributed by atoms with Crippen molar-refractivity contribution in [3.05, 3.63) is 29.3 Å². The van der Waals surface area contributed by atoms with Gasteiger partial charge in [0.1, 0.15) is 0 Å². The van der Waals surface area contributed by atoms with Crippen LogP contribution in [0.25, 0.3) is 0 Å². The van der Waals surface area contributed by atoms with Gasteiger partial charge in [0.05, 0.1) is 0 Å². The van der Waals surface area contributed by atoms with Gasteiger partial charge in [0, 0.05) is 36.8 Å². The van der Waals surface area contributed by atoms with Gasteiger partial charge < -0.3 is 16.0 Å². The Bertz CT molecular complexity index is 590. The van der Waals surface area contributed by atoms with E-state index in [1.165, 1.54) is 0 Å². The molecule has 0 aromatic heterocycles. The van der Waals surface area contributed by atoms with Crippen LogP contribution in [0.2, 0.25) is 0 Å². The number of anilines is 1. The van der Waals surface area contributed by atoms with Crippen molar-refractivity contribution in [1.29, 1.82) is 0 Å². The second kappa shape index (κ2) is 8.29. The zero-order valence-electron chi connectivity index (χ0n) is 15.0. The highest BCUT2D eigenvalue weighted by molar-refractivity contribution is 5.96. The van der Waals surface area contributed by atoms with E-state index in [1.807, 2.05) is 30.9 Å². The minimum atomic E-state index is -0.0421. The summed E-state index contributed by atoms with van der Waals surface area (Å²) in [6.07, 6.45) is 3.20. The molecule has 1 heterocycles. The number of aryl methyl sites for hydroxylation is 1. The van der Waals surface area contributed by atoms with Gasteiger partial charge in [-0.25, -0.2) is 0 Å². The van der Waals surface area contributed by atoms with Crippen LogP contribution in [0.15, 0.2) is 18.2 Å². The molecule has 1 saturated heterocycles. The van der Waals surface area contributed by atoms with Crippen LogP contribution < -0.4 is 11.1 Å². The van der Waals surface area contributed by atoms with Crippen molar-refractivity contribution in [3.8, 4) is 0 Å². The normalized spacial score (nSPS) is 16.8. The summed E-state index contributed by atoms with van der Waals surface area (Å²) in [4.78, 5) is 26.4. The quantitative estimate of drug-likeness (QED) is 0.871. The van der Waals surface area contributed by atoms with Crippen LogP contribution in [0.3, 0.4) is 0 Å². The smallest absolute Gasteiger partial charge is 0.253 e. The molecule has 1 fully saturated rings. The van der Waals surface area contributed by atoms with Crippen LogP contribution in [-0.2, 0) is 4.79 Å². The third-order valence-corrected chi connectivity index (χ3v) is 4.65. The van der Waals surface area contributed by atoms with Gasteiger partial charge in [-0.15, -0.1) is 0 Å². The van der Waals surface area contributed by atoms with E-state index in [0.717, 1.165) is 37.2 Å². The average molecular weight is 331 g/mol. The number of carbonyl (C=O) groups excluding carboxylic acids is 2. The lowest BCUT2D eigenvalue weighted by Gasteiger charge is -2.30. The molecule has 0 aliphatic carbocycles. The Balaban J connectivity index is 1.98. The number of hydrogen-bond donors (Lipinski definition) is 2. The van der Waals surface area contributed by atoms with Crippen molar-refractivity contribution in [1.82, 2.24) is 4.90 Å². The first-order chi connectivity index (χ1) is 11.4. The maximum Gasteiger partial charge on any atom is 0.253 e. The largest absolute Gasteiger partial charge is 0.339 e. The van der Waals surface area contributed by atoms with E-state index < -0.39 is 0 Å². The van der Waals surface area contributed by atoms with Gasteiger partial charge in [-0.3, -0.25) is 9.59 Å². The first-order valence-electron chi connectivity index (χ1n) is 8.82. The van der Waals surface area contributed by atoms with Crippen molar-refractivity contribution in [3.63, 3.8) is 0 Å². The summed E-state index contributed by atoms with van der Waals surface area (Å²) in [5, 5.41) is 2.90. The minimum absolute atomic E-state index is 0.0177. The number of likely N-dealkylation sites (tertiary alicyclic amines) is 1. The van der Waals surface area contributed by atoms with Gasteiger partial charge in [0.15, 0.2) is 0 Å². The van der Waals surface area contributed by atoms with Gasteiger partial charge in [0.2, 0.25) is 5.91 Å². The number of rotatable bonds is 5. The van der Waals surface area contributed by atoms with E-state index in [9.17, 15) is 9.59 Å². The highest BCUT2D eigenvalue weighted by Gasteiger charge is 2.21. The van der Waals surface area contributed by atoms with Crippen LogP contribution in [0, 0.1) is 12.8 Å². The first-order valence-corrected chi connectivity index (χ1v) is 8.82. The number of nitrogens with one attached hydrogen (secondary N) is 1. The van der Waals surface area contributed by atoms with Crippen LogP contribution in [0.1, 0.15) is 55.5 Å². The molecule has 1 atom stereocenters. The predicted molar refractivity (Wildman–Crippen MR) is 97.0 cm³/mol. The Hall–Kier alpha value is -1.88. The molecule has 0 saturated carbocycles. The number of carbonyl (C=O) groups is 2. The summed E-state index contributed by atoms with van der Waals surface area (Å²) in [7, 11) is 0. The number of amides is 2. The Morgan fingerprint density at radius 3 is 2.58 bits per heavy atom. The summed E-state index contributed by atoms with van der Waals surface area (Å²) in [5.74, 6) is 0.740. The molecular weight excluding hydrogens is 302 g/mol. The molecule has 1 aromatic carbocycles. The van der Waals surface area contributed by atoms with Crippen molar-refractivity contribution in [2.75, 3.05) is 18.4 Å². The zero-order chi connectivity index (χ0) is 17.7. The van der Waals surface area contributed by atoms with E-state index in [4.69, 9.17) is 5.73 Å². The number of hydrogen-bond acceptors (Lipinski definition) is 3. The Morgan fingerprint density at radius 1 is 1.33 bits per heavy atom. The molecule has 5 nitrogen and oxygen atoms in total. The highest BCUT2D eigenvalue weighted by atomic mass is 16.2. The summed E-state index contributed by atoms with van der Waals surface area (Å²) in [5.41, 5.74) is 8.03. The van der Waals surface area contributed by atoms with Crippen LogP contribution in [-0.4, -0.2) is 35.8 Å². The summed E-state index contributed by atoms with van der Waals surface area (Å²) in [6.45, 7) is 7.69. The standard InChI is InChI=1S/C19H29N3O2/c1-13-8-10-22(11-9-13)19(24)16-5-6-17(14(2)12-16)21-18(23)7-4-15(3)20/h5-6,12-13,15H,4,7-11,20H2,1-3H3,(H,21,23). The van der Waals surface area contributed by atoms with Gasteiger partial charge in [0.25, 0.3) is 5.91 Å². The topological polar surface area (TPSA) is 75.4 Å². The highest BCUT2D eigenvalue weighted by Crippen LogP contribution is 2.21. The molecule has 1 aromatic rings. The fraction of sp³-hybridized carbons (Fsp3) is 0.579. The molecule has 2 rings (SSSR count). The van der Waals surface area contributed by atoms with Crippen molar-refractivity contribution < 1.29 is 9.59 Å². The SMILES string of the molecule is Cc1cc(C(=O)N2CCC(C)CC2)ccc1NC(=O)CCC(C)N. The third kappa shape index (κ3) is 5.06. The number of piperidine rings is 1. The Morgan fingerprint density at radius 2 is 2.00 bits per heavy atom. The summed E-state index contributed by atoms with van der Waals surface area (Å²) >= 11 is 0. The molecule has 3 N–H and O–H groups in total. The number of nitrogens with two attached hydrogens (primary N) is 1. The van der Waals surface area contributed by atoms with Gasteiger partial charge in [-0.2, -0.15) is 0 Å². The lowest BCUT2D eigenvalue weighted by atomic mass is 9.98. The zero-order valence-corrected chi connectivity index (χ0v) is 15.0. The van der Waals surface area contributed by atoms with Crippen LogP contribution in [0.4, 0.5) is 5.69 Å². The molecule has 1 aliphatic rings. The molecule has 0 spiro atoms. The average Bonchev–Trinajstić information content (AvgIpc) is 2.55. The summed E-state index contributed by atoms with van der Waals surface area (Å²) in [6, 6.07) is 5.50. The molecular formula is C19H29N3O2. The lowest BCUT2D eigenvalue weighted by Crippen LogP contribution is -2.37. The Labute approximate surface area is 144 Å². The molecule has 24 heavy (non-hydrogen) atoms. The van der Waals surface area contributed by atoms with Crippen molar-refractivity contribution in [2.24, 2.45) is 11.7 Å². The van der Waals surface area contributed by atoms with E-state index in [1.54, 1.807) is 6.07 Å². The van der Waals surface area contributed by atoms with E-state index in [0.29, 0.717) is 24.3 Å². The van der Waals surface area contributed by atoms with E-state index >= 15 is 0 Å². The van der Waals surface area contributed by atoms with Crippen LogP contribution >= 0.6 is 0 Å². The molecule has 5 heteroatoms. The van der Waals surface area contributed by atoms with E-state index in [-0.39, 0.29) is 17.9 Å². The first kappa shape index (κ1) is 18.5.